The molecule has 1 saturated heterocycles. The predicted molar refractivity (Wildman–Crippen MR) is 69.4 cm³/mol. The largest absolute Gasteiger partial charge is 0.206 e. The van der Waals surface area contributed by atoms with Crippen molar-refractivity contribution in [2.24, 2.45) is 5.92 Å². The van der Waals surface area contributed by atoms with Crippen molar-refractivity contribution >= 4 is 23.5 Å². The molecule has 1 aliphatic heterocycles. The number of halogens is 1. The third kappa shape index (κ3) is 2.05. The molecule has 0 radical (unpaired) electrons. The summed E-state index contributed by atoms with van der Waals surface area (Å²) in [4.78, 5) is 0. The van der Waals surface area contributed by atoms with Gasteiger partial charge in [0.2, 0.25) is 0 Å². The Morgan fingerprint density at radius 3 is 2.60 bits per heavy atom. The second-order valence-electron chi connectivity index (χ2n) is 6.05. The van der Waals surface area contributed by atoms with Gasteiger partial charge in [-0.05, 0) is 30.5 Å². The molecule has 0 aromatic heterocycles. The monoisotopic (exact) mass is 247 g/mol. The number of hydrogen-bond donors (Lipinski definition) is 0. The minimum Gasteiger partial charge on any atom is -0.206 e. The molecule has 1 aliphatic carbocycles. The van der Waals surface area contributed by atoms with Crippen molar-refractivity contribution < 1.29 is 0 Å². The summed E-state index contributed by atoms with van der Waals surface area (Å²) in [5, 5.41) is 0. The van der Waals surface area contributed by atoms with Crippen molar-refractivity contribution in [2.45, 2.75) is 63.3 Å². The number of rotatable bonds is 2. The lowest BCUT2D eigenvalue weighted by molar-refractivity contribution is 0.343. The minimum atomic E-state index is 0.331. The van der Waals surface area contributed by atoms with Crippen LogP contribution in [0.25, 0.3) is 0 Å². The molecule has 1 saturated carbocycles. The molecule has 0 bridgehead atoms. The molecule has 1 unspecified atom stereocenters. The van der Waals surface area contributed by atoms with Crippen molar-refractivity contribution in [1.29, 1.82) is 0 Å². The van der Waals surface area contributed by atoms with E-state index in [1.807, 2.05) is 0 Å². The summed E-state index contributed by atoms with van der Waals surface area (Å²) in [7, 11) is 0. The average molecular weight is 248 g/mol. The number of fused-ring (bicyclic) bond motifs is 1. The van der Waals surface area contributed by atoms with E-state index in [0.29, 0.717) is 16.3 Å². The molecule has 15 heavy (non-hydrogen) atoms. The summed E-state index contributed by atoms with van der Waals surface area (Å²) in [5.74, 6) is 1.97. The third-order valence-corrected chi connectivity index (χ3v) is 5.91. The van der Waals surface area contributed by atoms with Gasteiger partial charge in [-0.15, -0.1) is 0 Å². The molecule has 1 heterocycles. The molecule has 3 heteroatoms. The molecule has 0 spiro atoms. The van der Waals surface area contributed by atoms with Crippen LogP contribution >= 0.6 is 23.5 Å². The van der Waals surface area contributed by atoms with Crippen LogP contribution in [-0.2, 0) is 0 Å². The molecule has 2 rings (SSSR count). The highest BCUT2D eigenvalue weighted by molar-refractivity contribution is 8.00. The van der Waals surface area contributed by atoms with Crippen LogP contribution < -0.4 is 0 Å². The smallest absolute Gasteiger partial charge is 0.0650 e. The second kappa shape index (κ2) is 3.82. The van der Waals surface area contributed by atoms with Gasteiger partial charge in [-0.3, -0.25) is 0 Å². The SMILES string of the molecule is C[C@@H]1CCC[C@@H]2N(Cl)[C@@]12CSC(C)(C)C. The molecule has 0 N–H and O–H groups in total. The van der Waals surface area contributed by atoms with Gasteiger partial charge in [0, 0.05) is 16.5 Å². The van der Waals surface area contributed by atoms with Crippen LogP contribution in [0, 0.1) is 5.92 Å². The summed E-state index contributed by atoms with van der Waals surface area (Å²) in [6.07, 6.45) is 4.01. The van der Waals surface area contributed by atoms with Gasteiger partial charge >= 0.3 is 0 Å². The number of hydrogen-bond acceptors (Lipinski definition) is 2. The van der Waals surface area contributed by atoms with Gasteiger partial charge in [-0.2, -0.15) is 11.8 Å². The zero-order valence-corrected chi connectivity index (χ0v) is 11.8. The topological polar surface area (TPSA) is 3.01 Å². The molecule has 1 nitrogen and oxygen atoms in total. The van der Waals surface area contributed by atoms with Crippen LogP contribution in [-0.4, -0.2) is 26.5 Å². The summed E-state index contributed by atoms with van der Waals surface area (Å²) < 4.78 is 2.47. The fourth-order valence-electron chi connectivity index (χ4n) is 2.77. The summed E-state index contributed by atoms with van der Waals surface area (Å²) in [6, 6.07) is 0.665. The van der Waals surface area contributed by atoms with E-state index in [9.17, 15) is 0 Å². The van der Waals surface area contributed by atoms with Gasteiger partial charge in [-0.1, -0.05) is 34.1 Å². The van der Waals surface area contributed by atoms with E-state index in [0.717, 1.165) is 5.92 Å². The highest BCUT2D eigenvalue weighted by Crippen LogP contribution is 2.57. The minimum absolute atomic E-state index is 0.331. The molecule has 88 valence electrons. The maximum Gasteiger partial charge on any atom is 0.0650 e. The van der Waals surface area contributed by atoms with E-state index in [1.54, 1.807) is 0 Å². The Labute approximate surface area is 103 Å². The number of thioether (sulfide) groups is 1. The first kappa shape index (κ1) is 12.1. The van der Waals surface area contributed by atoms with Crippen molar-refractivity contribution in [3.8, 4) is 0 Å². The van der Waals surface area contributed by atoms with Crippen molar-refractivity contribution in [2.75, 3.05) is 5.75 Å². The lowest BCUT2D eigenvalue weighted by Crippen LogP contribution is -2.34. The van der Waals surface area contributed by atoms with E-state index >= 15 is 0 Å². The Morgan fingerprint density at radius 2 is 2.07 bits per heavy atom. The van der Waals surface area contributed by atoms with Gasteiger partial charge in [0.1, 0.15) is 0 Å². The first-order valence-electron chi connectivity index (χ1n) is 5.97. The van der Waals surface area contributed by atoms with Crippen molar-refractivity contribution in [3.63, 3.8) is 0 Å². The zero-order chi connectivity index (χ0) is 11.3. The Morgan fingerprint density at radius 1 is 1.40 bits per heavy atom. The first-order chi connectivity index (χ1) is 6.88. The average Bonchev–Trinajstić information content (AvgIpc) is 2.71. The first-order valence-corrected chi connectivity index (χ1v) is 7.29. The molecule has 0 aromatic rings. The van der Waals surface area contributed by atoms with E-state index in [2.05, 4.69) is 43.9 Å². The fraction of sp³-hybridized carbons (Fsp3) is 1.00. The Hall–Kier alpha value is 0.600. The second-order valence-corrected chi connectivity index (χ2v) is 8.22. The number of nitrogens with zero attached hydrogens (tertiary/aromatic N) is 1. The van der Waals surface area contributed by atoms with Gasteiger partial charge in [-0.25, -0.2) is 4.42 Å². The molecule has 0 amide bonds. The van der Waals surface area contributed by atoms with Crippen LogP contribution in [0.4, 0.5) is 0 Å². The van der Waals surface area contributed by atoms with Crippen LogP contribution in [0.15, 0.2) is 0 Å². The van der Waals surface area contributed by atoms with Crippen molar-refractivity contribution in [3.05, 3.63) is 0 Å². The van der Waals surface area contributed by atoms with Crippen LogP contribution in [0.1, 0.15) is 47.0 Å². The van der Waals surface area contributed by atoms with Crippen LogP contribution in [0.2, 0.25) is 0 Å². The molecule has 2 fully saturated rings. The molecular weight excluding hydrogens is 226 g/mol. The fourth-order valence-corrected chi connectivity index (χ4v) is 4.69. The lowest BCUT2D eigenvalue weighted by atomic mass is 9.81. The molecule has 4 atom stereocenters. The normalized spacial score (nSPS) is 45.0. The van der Waals surface area contributed by atoms with E-state index < -0.39 is 0 Å². The standard InChI is InChI=1S/C12H22ClNS/c1-9-6-5-7-10-12(9,14(10)13)8-15-11(2,3)4/h9-10H,5-8H2,1-4H3/t9-,10+,12+,14?/m1/s1. The summed E-state index contributed by atoms with van der Waals surface area (Å²) >= 11 is 8.42. The maximum absolute atomic E-state index is 6.36. The summed E-state index contributed by atoms with van der Waals surface area (Å²) in [6.45, 7) is 9.24. The molecule has 0 aromatic carbocycles. The van der Waals surface area contributed by atoms with Gasteiger partial charge in [0.25, 0.3) is 0 Å². The van der Waals surface area contributed by atoms with Gasteiger partial charge in [0.15, 0.2) is 0 Å². The lowest BCUT2D eigenvalue weighted by Gasteiger charge is -2.29. The Balaban J connectivity index is 2.00. The van der Waals surface area contributed by atoms with Crippen LogP contribution in [0.3, 0.4) is 0 Å². The maximum atomic E-state index is 6.36. The summed E-state index contributed by atoms with van der Waals surface area (Å²) in [5.41, 5.74) is 0.331. The third-order valence-electron chi connectivity index (χ3n) is 3.89. The van der Waals surface area contributed by atoms with E-state index in [4.69, 9.17) is 11.8 Å². The van der Waals surface area contributed by atoms with Gasteiger partial charge < -0.3 is 0 Å². The van der Waals surface area contributed by atoms with E-state index in [1.165, 1.54) is 25.0 Å². The van der Waals surface area contributed by atoms with Crippen LogP contribution in [0.5, 0.6) is 0 Å². The van der Waals surface area contributed by atoms with Gasteiger partial charge in [0.05, 0.1) is 5.54 Å². The Kier molecular flexibility index (Phi) is 3.07. The highest BCUT2D eigenvalue weighted by Gasteiger charge is 2.66. The zero-order valence-electron chi connectivity index (χ0n) is 10.2. The Bertz CT molecular complexity index is 242. The van der Waals surface area contributed by atoms with E-state index in [-0.39, 0.29) is 0 Å². The molecular formula is C12H22ClNS. The quantitative estimate of drug-likeness (QED) is 0.538. The molecule has 2 aliphatic rings. The van der Waals surface area contributed by atoms with Crippen molar-refractivity contribution in [1.82, 2.24) is 4.42 Å². The highest BCUT2D eigenvalue weighted by atomic mass is 35.5. The predicted octanol–water partition coefficient (Wildman–Crippen LogP) is 3.91.